The number of halogens is 1. The Labute approximate surface area is 131 Å². The molecule has 3 rings (SSSR count). The average Bonchev–Trinajstić information content (AvgIpc) is 2.78. The van der Waals surface area contributed by atoms with Gasteiger partial charge in [0.05, 0.1) is 20.3 Å². The lowest BCUT2D eigenvalue weighted by atomic mass is 9.80. The van der Waals surface area contributed by atoms with Gasteiger partial charge in [-0.15, -0.1) is 16.6 Å². The lowest BCUT2D eigenvalue weighted by Crippen LogP contribution is -2.29. The van der Waals surface area contributed by atoms with Gasteiger partial charge in [0.15, 0.2) is 5.78 Å². The minimum Gasteiger partial charge on any atom is -0.467 e. The van der Waals surface area contributed by atoms with Crippen LogP contribution in [0.3, 0.4) is 0 Å². The molecule has 2 aliphatic carbocycles. The molecule has 1 aromatic heterocycles. The molecule has 0 aliphatic heterocycles. The summed E-state index contributed by atoms with van der Waals surface area (Å²) in [6.45, 7) is 0. The number of methoxy groups -OCH3 is 2. The summed E-state index contributed by atoms with van der Waals surface area (Å²) in [4.78, 5) is 23.4. The van der Waals surface area contributed by atoms with E-state index in [1.54, 1.807) is 6.08 Å². The summed E-state index contributed by atoms with van der Waals surface area (Å²) in [5.41, 5.74) is 0. The standard InChI is InChI=1S/C14H13ClN4O3/c1-21-12-17-11(18-13(19-12)22-2)10-7-5-14(15,6-16)8(10)3-4-9(7)20/h3-4,7-8,10H,5H2,1-2H3. The van der Waals surface area contributed by atoms with Crippen molar-refractivity contribution in [1.29, 1.82) is 5.26 Å². The fourth-order valence-corrected chi connectivity index (χ4v) is 3.51. The van der Waals surface area contributed by atoms with Crippen LogP contribution in [-0.2, 0) is 4.79 Å². The second-order valence-corrected chi connectivity index (χ2v) is 5.94. The maximum Gasteiger partial charge on any atom is 0.322 e. The third-order valence-corrected chi connectivity index (χ3v) is 4.65. The molecule has 1 saturated carbocycles. The van der Waals surface area contributed by atoms with E-state index in [-0.39, 0.29) is 36.1 Å². The topological polar surface area (TPSA) is 98.0 Å². The Bertz CT molecular complexity index is 680. The Morgan fingerprint density at radius 2 is 1.95 bits per heavy atom. The van der Waals surface area contributed by atoms with Crippen molar-refractivity contribution in [2.24, 2.45) is 11.8 Å². The highest BCUT2D eigenvalue weighted by atomic mass is 35.5. The first-order valence-corrected chi connectivity index (χ1v) is 7.06. The number of carbonyl (C=O) groups excluding carboxylic acids is 1. The first-order valence-electron chi connectivity index (χ1n) is 6.68. The summed E-state index contributed by atoms with van der Waals surface area (Å²) in [5.74, 6) is -0.880. The van der Waals surface area contributed by atoms with Crippen LogP contribution < -0.4 is 9.47 Å². The van der Waals surface area contributed by atoms with Crippen LogP contribution in [0.1, 0.15) is 18.2 Å². The Kier molecular flexibility index (Phi) is 3.49. The van der Waals surface area contributed by atoms with E-state index in [9.17, 15) is 10.1 Å². The van der Waals surface area contributed by atoms with Crippen molar-refractivity contribution < 1.29 is 14.3 Å². The summed E-state index contributed by atoms with van der Waals surface area (Å²) >= 11 is 6.42. The molecule has 7 nitrogen and oxygen atoms in total. The molecule has 1 fully saturated rings. The van der Waals surface area contributed by atoms with Gasteiger partial charge < -0.3 is 9.47 Å². The Morgan fingerprint density at radius 3 is 2.50 bits per heavy atom. The summed E-state index contributed by atoms with van der Waals surface area (Å²) < 4.78 is 10.1. The summed E-state index contributed by atoms with van der Waals surface area (Å²) in [7, 11) is 2.86. The number of rotatable bonds is 3. The highest BCUT2D eigenvalue weighted by molar-refractivity contribution is 6.27. The number of carbonyl (C=O) groups is 1. The van der Waals surface area contributed by atoms with Gasteiger partial charge in [0.2, 0.25) is 0 Å². The second-order valence-electron chi connectivity index (χ2n) is 5.26. The first-order chi connectivity index (χ1) is 10.5. The molecule has 0 radical (unpaired) electrons. The van der Waals surface area contributed by atoms with Gasteiger partial charge in [-0.25, -0.2) is 0 Å². The van der Waals surface area contributed by atoms with Crippen molar-refractivity contribution in [3.63, 3.8) is 0 Å². The van der Waals surface area contributed by atoms with E-state index in [0.717, 1.165) is 0 Å². The molecule has 4 unspecified atom stereocenters. The molecule has 0 amide bonds. The summed E-state index contributed by atoms with van der Waals surface area (Å²) in [6.07, 6.45) is 3.43. The largest absolute Gasteiger partial charge is 0.467 e. The average molecular weight is 321 g/mol. The van der Waals surface area contributed by atoms with Crippen molar-refractivity contribution in [1.82, 2.24) is 15.0 Å². The molecule has 114 valence electrons. The summed E-state index contributed by atoms with van der Waals surface area (Å²) in [5, 5.41) is 9.40. The summed E-state index contributed by atoms with van der Waals surface area (Å²) in [6, 6.07) is 2.31. The van der Waals surface area contributed by atoms with Gasteiger partial charge in [-0.05, 0) is 12.5 Å². The Balaban J connectivity index is 2.10. The molecule has 0 N–H and O–H groups in total. The minimum atomic E-state index is -1.13. The SMILES string of the molecule is COc1nc(OC)nc(C2C3CC(Cl)(C#N)C2C=CC3=O)n1. The highest BCUT2D eigenvalue weighted by Crippen LogP contribution is 2.55. The third kappa shape index (κ3) is 2.11. The minimum absolute atomic E-state index is 0.0719. The molecule has 22 heavy (non-hydrogen) atoms. The zero-order valence-electron chi connectivity index (χ0n) is 12.0. The third-order valence-electron chi connectivity index (χ3n) is 4.16. The van der Waals surface area contributed by atoms with E-state index >= 15 is 0 Å². The first kappa shape index (κ1) is 14.7. The molecular formula is C14H13ClN4O3. The van der Waals surface area contributed by atoms with Crippen molar-refractivity contribution in [2.75, 3.05) is 14.2 Å². The van der Waals surface area contributed by atoms with Crippen molar-refractivity contribution in [3.05, 3.63) is 18.0 Å². The van der Waals surface area contributed by atoms with Gasteiger partial charge in [-0.2, -0.15) is 15.2 Å². The van der Waals surface area contributed by atoms with Crippen molar-refractivity contribution >= 4 is 17.4 Å². The molecule has 1 aromatic rings. The van der Waals surface area contributed by atoms with E-state index in [4.69, 9.17) is 21.1 Å². The van der Waals surface area contributed by atoms with Gasteiger partial charge in [-0.1, -0.05) is 6.08 Å². The van der Waals surface area contributed by atoms with Gasteiger partial charge in [-0.3, -0.25) is 4.79 Å². The number of nitriles is 1. The number of aromatic nitrogens is 3. The predicted octanol–water partition coefficient (Wildman–Crippen LogP) is 1.25. The van der Waals surface area contributed by atoms with Crippen LogP contribution in [0.5, 0.6) is 12.0 Å². The zero-order valence-corrected chi connectivity index (χ0v) is 12.7. The molecule has 0 saturated heterocycles. The number of nitrogens with zero attached hydrogens (tertiary/aromatic N) is 4. The molecular weight excluding hydrogens is 308 g/mol. The normalized spacial score (nSPS) is 32.6. The predicted molar refractivity (Wildman–Crippen MR) is 75.6 cm³/mol. The fraction of sp³-hybridized carbons (Fsp3) is 0.500. The number of hydrogen-bond acceptors (Lipinski definition) is 7. The van der Waals surface area contributed by atoms with Crippen molar-refractivity contribution in [3.8, 4) is 18.1 Å². The number of fused-ring (bicyclic) bond motifs is 2. The number of ether oxygens (including phenoxy) is 2. The van der Waals surface area contributed by atoms with Crippen LogP contribution >= 0.6 is 11.6 Å². The van der Waals surface area contributed by atoms with E-state index in [1.165, 1.54) is 20.3 Å². The van der Waals surface area contributed by atoms with Gasteiger partial charge in [0.1, 0.15) is 10.7 Å². The van der Waals surface area contributed by atoms with Crippen LogP contribution in [0.25, 0.3) is 0 Å². The number of hydrogen-bond donors (Lipinski definition) is 0. The zero-order chi connectivity index (χ0) is 15.9. The van der Waals surface area contributed by atoms with Crippen molar-refractivity contribution in [2.45, 2.75) is 17.2 Å². The van der Waals surface area contributed by atoms with Crippen LogP contribution in [-0.4, -0.2) is 39.8 Å². The van der Waals surface area contributed by atoms with Crippen LogP contribution in [0, 0.1) is 23.2 Å². The van der Waals surface area contributed by atoms with Crippen LogP contribution in [0.15, 0.2) is 12.2 Å². The monoisotopic (exact) mass is 320 g/mol. The Hall–Kier alpha value is -2.20. The maximum atomic E-state index is 12.2. The number of allylic oxidation sites excluding steroid dienone is 2. The van der Waals surface area contributed by atoms with E-state index in [1.807, 2.05) is 0 Å². The maximum absolute atomic E-state index is 12.2. The number of ketones is 1. The van der Waals surface area contributed by atoms with Gasteiger partial charge in [0.25, 0.3) is 0 Å². The molecule has 0 spiro atoms. The molecule has 1 heterocycles. The van der Waals surface area contributed by atoms with E-state index < -0.39 is 10.8 Å². The molecule has 0 aromatic carbocycles. The molecule has 2 aliphatic rings. The smallest absolute Gasteiger partial charge is 0.322 e. The Morgan fingerprint density at radius 1 is 1.32 bits per heavy atom. The van der Waals surface area contributed by atoms with E-state index in [0.29, 0.717) is 5.82 Å². The highest BCUT2D eigenvalue weighted by Gasteiger charge is 2.57. The molecule has 4 atom stereocenters. The van der Waals surface area contributed by atoms with Crippen LogP contribution in [0.2, 0.25) is 0 Å². The lowest BCUT2D eigenvalue weighted by molar-refractivity contribution is -0.118. The van der Waals surface area contributed by atoms with Crippen LogP contribution in [0.4, 0.5) is 0 Å². The van der Waals surface area contributed by atoms with Gasteiger partial charge >= 0.3 is 12.0 Å². The lowest BCUT2D eigenvalue weighted by Gasteiger charge is -2.26. The van der Waals surface area contributed by atoms with Gasteiger partial charge in [0, 0.05) is 17.8 Å². The molecule has 8 heteroatoms. The fourth-order valence-electron chi connectivity index (χ4n) is 3.14. The number of alkyl halides is 1. The van der Waals surface area contributed by atoms with E-state index in [2.05, 4.69) is 21.0 Å². The second kappa shape index (κ2) is 5.21. The molecule has 2 bridgehead atoms. The quantitative estimate of drug-likeness (QED) is 0.773.